The van der Waals surface area contributed by atoms with Crippen molar-refractivity contribution in [2.75, 3.05) is 13.7 Å². The number of benzene rings is 1. The molecule has 0 saturated carbocycles. The Morgan fingerprint density at radius 2 is 2.27 bits per heavy atom. The van der Waals surface area contributed by atoms with Crippen molar-refractivity contribution in [2.45, 2.75) is 45.1 Å². The molecule has 1 aliphatic rings. The molecule has 0 fully saturated rings. The number of ether oxygens (including phenoxy) is 1. The number of fused-ring (bicyclic) bond motifs is 1. The Bertz CT molecular complexity index is 624. The van der Waals surface area contributed by atoms with E-state index in [0.717, 1.165) is 43.8 Å². The standard InChI is InChI=1S/C17H23N3O2/c1-3-17-19-16(20-22-17)8-9-18-14-6-4-12-5-7-15(21-2)11-13(12)10-14/h5,7,11,14,18H,3-4,6,8-10H2,1-2H3/t14-/m1/s1. The van der Waals surface area contributed by atoms with Gasteiger partial charge in [0, 0.05) is 25.4 Å². The van der Waals surface area contributed by atoms with E-state index in [-0.39, 0.29) is 0 Å². The van der Waals surface area contributed by atoms with Crippen molar-refractivity contribution in [3.8, 4) is 5.75 Å². The Morgan fingerprint density at radius 1 is 1.36 bits per heavy atom. The lowest BCUT2D eigenvalue weighted by Gasteiger charge is -2.25. The Morgan fingerprint density at radius 3 is 3.05 bits per heavy atom. The maximum absolute atomic E-state index is 5.32. The predicted octanol–water partition coefficient (Wildman–Crippen LogP) is 2.33. The molecular formula is C17H23N3O2. The molecule has 1 aromatic carbocycles. The predicted molar refractivity (Wildman–Crippen MR) is 84.2 cm³/mol. The van der Waals surface area contributed by atoms with Crippen LogP contribution >= 0.6 is 0 Å². The van der Waals surface area contributed by atoms with Crippen LogP contribution in [0, 0.1) is 0 Å². The summed E-state index contributed by atoms with van der Waals surface area (Å²) in [4.78, 5) is 4.34. The molecule has 1 atom stereocenters. The van der Waals surface area contributed by atoms with Crippen LogP contribution in [0.15, 0.2) is 22.7 Å². The minimum atomic E-state index is 0.511. The number of aryl methyl sites for hydroxylation is 2. The summed E-state index contributed by atoms with van der Waals surface area (Å²) in [6, 6.07) is 6.91. The normalized spacial score (nSPS) is 17.3. The molecule has 0 saturated heterocycles. The summed E-state index contributed by atoms with van der Waals surface area (Å²) < 4.78 is 10.4. The van der Waals surface area contributed by atoms with Gasteiger partial charge >= 0.3 is 0 Å². The quantitative estimate of drug-likeness (QED) is 0.887. The zero-order chi connectivity index (χ0) is 15.4. The Balaban J connectivity index is 1.51. The first kappa shape index (κ1) is 15.0. The van der Waals surface area contributed by atoms with E-state index in [4.69, 9.17) is 9.26 Å². The summed E-state index contributed by atoms with van der Waals surface area (Å²) in [5.41, 5.74) is 2.85. The summed E-state index contributed by atoms with van der Waals surface area (Å²) in [7, 11) is 1.72. The highest BCUT2D eigenvalue weighted by atomic mass is 16.5. The van der Waals surface area contributed by atoms with Gasteiger partial charge in [-0.15, -0.1) is 0 Å². The van der Waals surface area contributed by atoms with Crippen molar-refractivity contribution < 1.29 is 9.26 Å². The molecule has 1 aliphatic carbocycles. The fourth-order valence-corrected chi connectivity index (χ4v) is 2.96. The van der Waals surface area contributed by atoms with Crippen LogP contribution in [0.3, 0.4) is 0 Å². The minimum Gasteiger partial charge on any atom is -0.497 e. The van der Waals surface area contributed by atoms with E-state index in [1.165, 1.54) is 17.5 Å². The van der Waals surface area contributed by atoms with E-state index in [2.05, 4.69) is 27.6 Å². The SMILES string of the molecule is CCc1nc(CCN[C@@H]2CCc3ccc(OC)cc3C2)no1. The number of rotatable bonds is 6. The largest absolute Gasteiger partial charge is 0.497 e. The van der Waals surface area contributed by atoms with E-state index in [9.17, 15) is 0 Å². The molecule has 0 spiro atoms. The molecule has 0 bridgehead atoms. The highest BCUT2D eigenvalue weighted by Crippen LogP contribution is 2.25. The molecule has 0 amide bonds. The average molecular weight is 301 g/mol. The Labute approximate surface area is 131 Å². The smallest absolute Gasteiger partial charge is 0.226 e. The molecule has 1 N–H and O–H groups in total. The summed E-state index contributed by atoms with van der Waals surface area (Å²) >= 11 is 0. The molecule has 5 heteroatoms. The molecule has 3 rings (SSSR count). The van der Waals surface area contributed by atoms with Gasteiger partial charge in [-0.1, -0.05) is 18.1 Å². The monoisotopic (exact) mass is 301 g/mol. The number of nitrogens with one attached hydrogen (secondary N) is 1. The lowest BCUT2D eigenvalue weighted by atomic mass is 9.88. The van der Waals surface area contributed by atoms with E-state index in [1.54, 1.807) is 7.11 Å². The molecule has 1 heterocycles. The lowest BCUT2D eigenvalue weighted by Crippen LogP contribution is -2.35. The number of aromatic nitrogens is 2. The molecule has 1 aromatic heterocycles. The number of hydrogen-bond acceptors (Lipinski definition) is 5. The van der Waals surface area contributed by atoms with Gasteiger partial charge in [0.05, 0.1) is 7.11 Å². The van der Waals surface area contributed by atoms with E-state index < -0.39 is 0 Å². The molecule has 0 unspecified atom stereocenters. The molecule has 118 valence electrons. The maximum Gasteiger partial charge on any atom is 0.226 e. The number of nitrogens with zero attached hydrogens (tertiary/aromatic N) is 2. The van der Waals surface area contributed by atoms with E-state index >= 15 is 0 Å². The van der Waals surface area contributed by atoms with Gasteiger partial charge in [-0.25, -0.2) is 0 Å². The molecular weight excluding hydrogens is 278 g/mol. The van der Waals surface area contributed by atoms with Crippen molar-refractivity contribution in [2.24, 2.45) is 0 Å². The van der Waals surface area contributed by atoms with Crippen molar-refractivity contribution in [3.63, 3.8) is 0 Å². The molecule has 0 radical (unpaired) electrons. The van der Waals surface area contributed by atoms with E-state index in [1.807, 2.05) is 13.0 Å². The second-order valence-corrected chi connectivity index (χ2v) is 5.74. The molecule has 22 heavy (non-hydrogen) atoms. The van der Waals surface area contributed by atoms with Crippen LogP contribution < -0.4 is 10.1 Å². The number of methoxy groups -OCH3 is 1. The van der Waals surface area contributed by atoms with Gasteiger partial charge in [0.25, 0.3) is 0 Å². The fraction of sp³-hybridized carbons (Fsp3) is 0.529. The van der Waals surface area contributed by atoms with Crippen LogP contribution in [0.1, 0.15) is 36.2 Å². The van der Waals surface area contributed by atoms with E-state index in [0.29, 0.717) is 11.9 Å². The van der Waals surface area contributed by atoms with Crippen LogP contribution in [0.4, 0.5) is 0 Å². The van der Waals surface area contributed by atoms with Crippen molar-refractivity contribution >= 4 is 0 Å². The highest BCUT2D eigenvalue weighted by molar-refractivity contribution is 5.37. The Kier molecular flexibility index (Phi) is 4.73. The third-order valence-electron chi connectivity index (χ3n) is 4.24. The average Bonchev–Trinajstić information content (AvgIpc) is 3.02. The van der Waals surface area contributed by atoms with Crippen LogP contribution in [0.5, 0.6) is 5.75 Å². The topological polar surface area (TPSA) is 60.2 Å². The van der Waals surface area contributed by atoms with Crippen LogP contribution in [-0.4, -0.2) is 29.8 Å². The molecule has 2 aromatic rings. The fourth-order valence-electron chi connectivity index (χ4n) is 2.96. The van der Waals surface area contributed by atoms with Gasteiger partial charge in [0.15, 0.2) is 5.82 Å². The minimum absolute atomic E-state index is 0.511. The van der Waals surface area contributed by atoms with Crippen molar-refractivity contribution in [3.05, 3.63) is 41.0 Å². The van der Waals surface area contributed by atoms with Gasteiger partial charge in [-0.05, 0) is 42.5 Å². The molecule has 5 nitrogen and oxygen atoms in total. The summed E-state index contributed by atoms with van der Waals surface area (Å²) in [5, 5.41) is 7.60. The second-order valence-electron chi connectivity index (χ2n) is 5.74. The highest BCUT2D eigenvalue weighted by Gasteiger charge is 2.18. The second kappa shape index (κ2) is 6.92. The number of hydrogen-bond donors (Lipinski definition) is 1. The third-order valence-corrected chi connectivity index (χ3v) is 4.24. The van der Waals surface area contributed by atoms with Gasteiger partial charge in [0.2, 0.25) is 5.89 Å². The van der Waals surface area contributed by atoms with Crippen molar-refractivity contribution in [1.29, 1.82) is 0 Å². The van der Waals surface area contributed by atoms with Crippen LogP contribution in [0.2, 0.25) is 0 Å². The zero-order valence-electron chi connectivity index (χ0n) is 13.3. The van der Waals surface area contributed by atoms with Gasteiger partial charge < -0.3 is 14.6 Å². The van der Waals surface area contributed by atoms with Gasteiger partial charge in [-0.3, -0.25) is 0 Å². The lowest BCUT2D eigenvalue weighted by molar-refractivity contribution is 0.375. The third kappa shape index (κ3) is 3.47. The molecule has 0 aliphatic heterocycles. The first-order valence-electron chi connectivity index (χ1n) is 7.99. The van der Waals surface area contributed by atoms with Crippen LogP contribution in [0.25, 0.3) is 0 Å². The first-order valence-corrected chi connectivity index (χ1v) is 7.99. The first-order chi connectivity index (χ1) is 10.8. The summed E-state index contributed by atoms with van der Waals surface area (Å²) in [6.07, 6.45) is 4.95. The summed E-state index contributed by atoms with van der Waals surface area (Å²) in [6.45, 7) is 2.90. The maximum atomic E-state index is 5.32. The van der Waals surface area contributed by atoms with Gasteiger partial charge in [-0.2, -0.15) is 4.98 Å². The Hall–Kier alpha value is -1.88. The zero-order valence-corrected chi connectivity index (χ0v) is 13.3. The van der Waals surface area contributed by atoms with Crippen molar-refractivity contribution in [1.82, 2.24) is 15.5 Å². The van der Waals surface area contributed by atoms with Crippen LogP contribution in [-0.2, 0) is 25.7 Å². The van der Waals surface area contributed by atoms with Gasteiger partial charge in [0.1, 0.15) is 5.75 Å². The summed E-state index contributed by atoms with van der Waals surface area (Å²) in [5.74, 6) is 2.45.